The molecule has 0 aliphatic heterocycles. The molecule has 2 amide bonds. The number of hydrogen-bond donors (Lipinski definition) is 3. The lowest BCUT2D eigenvalue weighted by Gasteiger charge is -2.05. The molecule has 3 rings (SSSR count). The number of rotatable bonds is 3. The van der Waals surface area contributed by atoms with E-state index in [1.807, 2.05) is 37.3 Å². The maximum atomic E-state index is 12.2. The summed E-state index contributed by atoms with van der Waals surface area (Å²) >= 11 is 1.45. The molecule has 0 aliphatic rings. The van der Waals surface area contributed by atoms with Crippen molar-refractivity contribution in [2.45, 2.75) is 20.3 Å². The monoisotopic (exact) mass is 327 g/mol. The topological polar surface area (TPSA) is 74.0 Å². The predicted molar refractivity (Wildman–Crippen MR) is 91.7 cm³/mol. The van der Waals surface area contributed by atoms with E-state index >= 15 is 0 Å². The molecule has 118 valence electrons. The Hall–Kier alpha value is -2.60. The minimum absolute atomic E-state index is 0.300. The Kier molecular flexibility index (Phi) is 4.16. The molecule has 0 radical (unpaired) electrons. The molecule has 0 saturated heterocycles. The molecule has 0 bridgehead atoms. The first-order chi connectivity index (χ1) is 11.1. The lowest BCUT2D eigenvalue weighted by atomic mass is 10.2. The number of benzene rings is 1. The number of para-hydroxylation sites is 1. The highest BCUT2D eigenvalue weighted by molar-refractivity contribution is 7.14. The van der Waals surface area contributed by atoms with Crippen molar-refractivity contribution in [2.24, 2.45) is 0 Å². The van der Waals surface area contributed by atoms with Gasteiger partial charge in [-0.15, -0.1) is 11.3 Å². The summed E-state index contributed by atoms with van der Waals surface area (Å²) in [6.45, 7) is 4.04. The van der Waals surface area contributed by atoms with Crippen LogP contribution in [0.15, 0.2) is 36.5 Å². The van der Waals surface area contributed by atoms with Crippen LogP contribution in [0.4, 0.5) is 0 Å². The van der Waals surface area contributed by atoms with Crippen LogP contribution in [0.25, 0.3) is 10.9 Å². The van der Waals surface area contributed by atoms with Crippen molar-refractivity contribution < 1.29 is 9.59 Å². The molecule has 0 unspecified atom stereocenters. The zero-order valence-corrected chi connectivity index (χ0v) is 13.7. The molecule has 6 heteroatoms. The van der Waals surface area contributed by atoms with Gasteiger partial charge in [0.15, 0.2) is 0 Å². The lowest BCUT2D eigenvalue weighted by molar-refractivity contribution is 0.0850. The van der Waals surface area contributed by atoms with Crippen LogP contribution in [0.5, 0.6) is 0 Å². The normalized spacial score (nSPS) is 10.7. The summed E-state index contributed by atoms with van der Waals surface area (Å²) in [5.74, 6) is -0.647. The van der Waals surface area contributed by atoms with Crippen molar-refractivity contribution in [3.63, 3.8) is 0 Å². The molecule has 0 atom stereocenters. The van der Waals surface area contributed by atoms with Crippen molar-refractivity contribution in [3.8, 4) is 0 Å². The Morgan fingerprint density at radius 1 is 1.17 bits per heavy atom. The maximum absolute atomic E-state index is 12.2. The lowest BCUT2D eigenvalue weighted by Crippen LogP contribution is -2.41. The van der Waals surface area contributed by atoms with Gasteiger partial charge in [0.1, 0.15) is 0 Å². The van der Waals surface area contributed by atoms with Crippen molar-refractivity contribution >= 4 is 34.1 Å². The van der Waals surface area contributed by atoms with Crippen molar-refractivity contribution in [1.29, 1.82) is 0 Å². The van der Waals surface area contributed by atoms with Crippen molar-refractivity contribution in [1.82, 2.24) is 15.8 Å². The Balaban J connectivity index is 1.70. The smallest absolute Gasteiger partial charge is 0.279 e. The minimum Gasteiger partial charge on any atom is -0.360 e. The number of fused-ring (bicyclic) bond motifs is 1. The molecule has 5 nitrogen and oxygen atoms in total. The van der Waals surface area contributed by atoms with Crippen LogP contribution in [0.3, 0.4) is 0 Å². The van der Waals surface area contributed by atoms with E-state index in [2.05, 4.69) is 22.8 Å². The third-order valence-corrected chi connectivity index (χ3v) is 5.07. The highest BCUT2D eigenvalue weighted by Crippen LogP contribution is 2.22. The summed E-state index contributed by atoms with van der Waals surface area (Å²) in [7, 11) is 0. The molecule has 2 aromatic heterocycles. The SMILES string of the molecule is CCc1sc(C(=O)NNC(=O)c2c[nH]c3ccccc23)cc1C. The standard InChI is InChI=1S/C17H17N3O2S/c1-3-14-10(2)8-15(23-14)17(22)20-19-16(21)12-9-18-13-7-5-4-6-11(12)13/h4-9,18H,3H2,1-2H3,(H,19,21)(H,20,22). The summed E-state index contributed by atoms with van der Waals surface area (Å²) in [5.41, 5.74) is 7.42. The zero-order chi connectivity index (χ0) is 16.4. The molecular formula is C17H17N3O2S. The molecule has 1 aromatic carbocycles. The van der Waals surface area contributed by atoms with Gasteiger partial charge in [-0.3, -0.25) is 20.4 Å². The van der Waals surface area contributed by atoms with Gasteiger partial charge < -0.3 is 4.98 Å². The van der Waals surface area contributed by atoms with Crippen LogP contribution in [0.1, 0.15) is 37.4 Å². The van der Waals surface area contributed by atoms with E-state index in [0.717, 1.165) is 22.9 Å². The molecular weight excluding hydrogens is 310 g/mol. The van der Waals surface area contributed by atoms with Crippen LogP contribution in [-0.4, -0.2) is 16.8 Å². The summed E-state index contributed by atoms with van der Waals surface area (Å²) < 4.78 is 0. The third kappa shape index (κ3) is 2.98. The third-order valence-electron chi connectivity index (χ3n) is 3.69. The average molecular weight is 327 g/mol. The number of carbonyl (C=O) groups is 2. The van der Waals surface area contributed by atoms with Crippen LogP contribution in [0, 0.1) is 6.92 Å². The second-order valence-corrected chi connectivity index (χ2v) is 6.36. The van der Waals surface area contributed by atoms with Gasteiger partial charge in [0.2, 0.25) is 0 Å². The van der Waals surface area contributed by atoms with E-state index in [4.69, 9.17) is 0 Å². The first-order valence-electron chi connectivity index (χ1n) is 7.36. The highest BCUT2D eigenvalue weighted by Gasteiger charge is 2.15. The van der Waals surface area contributed by atoms with Gasteiger partial charge >= 0.3 is 0 Å². The van der Waals surface area contributed by atoms with Gasteiger partial charge in [-0.1, -0.05) is 25.1 Å². The van der Waals surface area contributed by atoms with Crippen LogP contribution in [0.2, 0.25) is 0 Å². The van der Waals surface area contributed by atoms with E-state index in [1.54, 1.807) is 6.20 Å². The molecule has 3 N–H and O–H groups in total. The van der Waals surface area contributed by atoms with Crippen LogP contribution < -0.4 is 10.9 Å². The Morgan fingerprint density at radius 2 is 1.91 bits per heavy atom. The number of aromatic amines is 1. The molecule has 0 spiro atoms. The summed E-state index contributed by atoms with van der Waals surface area (Å²) in [6.07, 6.45) is 2.53. The predicted octanol–water partition coefficient (Wildman–Crippen LogP) is 3.18. The van der Waals surface area contributed by atoms with E-state index < -0.39 is 0 Å². The van der Waals surface area contributed by atoms with Gasteiger partial charge in [-0.05, 0) is 31.0 Å². The van der Waals surface area contributed by atoms with Gasteiger partial charge in [-0.25, -0.2) is 0 Å². The number of H-pyrrole nitrogens is 1. The summed E-state index contributed by atoms with van der Waals surface area (Å²) in [5, 5.41) is 0.819. The molecule has 2 heterocycles. The fourth-order valence-corrected chi connectivity index (χ4v) is 3.49. The van der Waals surface area contributed by atoms with Crippen molar-refractivity contribution in [2.75, 3.05) is 0 Å². The first kappa shape index (κ1) is 15.3. The quantitative estimate of drug-likeness (QED) is 0.646. The highest BCUT2D eigenvalue weighted by atomic mass is 32.1. The second-order valence-electron chi connectivity index (χ2n) is 5.23. The largest absolute Gasteiger partial charge is 0.360 e. The van der Waals surface area contributed by atoms with E-state index in [9.17, 15) is 9.59 Å². The fourth-order valence-electron chi connectivity index (χ4n) is 2.48. The molecule has 0 saturated carbocycles. The minimum atomic E-state index is -0.347. The number of aromatic nitrogens is 1. The van der Waals surface area contributed by atoms with Gasteiger partial charge in [0.25, 0.3) is 11.8 Å². The number of hydrazine groups is 1. The molecule has 0 fully saturated rings. The molecule has 23 heavy (non-hydrogen) atoms. The number of thiophene rings is 1. The Morgan fingerprint density at radius 3 is 2.65 bits per heavy atom. The fraction of sp³-hybridized carbons (Fsp3) is 0.176. The number of nitrogens with one attached hydrogen (secondary N) is 3. The van der Waals surface area contributed by atoms with Gasteiger partial charge in [-0.2, -0.15) is 0 Å². The van der Waals surface area contributed by atoms with Gasteiger partial charge in [0, 0.05) is 22.0 Å². The number of hydrogen-bond acceptors (Lipinski definition) is 3. The molecule has 0 aliphatic carbocycles. The molecule has 3 aromatic rings. The van der Waals surface area contributed by atoms with Gasteiger partial charge in [0.05, 0.1) is 10.4 Å². The van der Waals surface area contributed by atoms with E-state index in [-0.39, 0.29) is 11.8 Å². The second kappa shape index (κ2) is 6.26. The summed E-state index contributed by atoms with van der Waals surface area (Å²) in [6, 6.07) is 9.36. The van der Waals surface area contributed by atoms with Crippen LogP contribution >= 0.6 is 11.3 Å². The summed E-state index contributed by atoms with van der Waals surface area (Å²) in [4.78, 5) is 29.2. The number of aryl methyl sites for hydroxylation is 2. The van der Waals surface area contributed by atoms with Crippen molar-refractivity contribution in [3.05, 3.63) is 57.4 Å². The van der Waals surface area contributed by atoms with Crippen LogP contribution in [-0.2, 0) is 6.42 Å². The first-order valence-corrected chi connectivity index (χ1v) is 8.18. The Labute approximate surface area is 137 Å². The van der Waals surface area contributed by atoms with E-state index in [1.165, 1.54) is 16.2 Å². The maximum Gasteiger partial charge on any atom is 0.279 e. The van der Waals surface area contributed by atoms with E-state index in [0.29, 0.717) is 10.4 Å². The zero-order valence-electron chi connectivity index (χ0n) is 12.9. The average Bonchev–Trinajstić information content (AvgIpc) is 3.15. The number of amides is 2. The number of carbonyl (C=O) groups excluding carboxylic acids is 2. The Bertz CT molecular complexity index is 879.